The van der Waals surface area contributed by atoms with E-state index in [4.69, 9.17) is 5.11 Å². The molecular formula is C15H18N2O4. The molecule has 1 fully saturated rings. The van der Waals surface area contributed by atoms with Crippen LogP contribution in [0.1, 0.15) is 43.0 Å². The number of aliphatic carboxylic acids is 1. The van der Waals surface area contributed by atoms with Crippen molar-refractivity contribution in [2.75, 3.05) is 5.32 Å². The predicted molar refractivity (Wildman–Crippen MR) is 77.0 cm³/mol. The Morgan fingerprint density at radius 1 is 1.29 bits per heavy atom. The van der Waals surface area contributed by atoms with Gasteiger partial charge in [-0.05, 0) is 37.5 Å². The highest BCUT2D eigenvalue weighted by Gasteiger charge is 2.40. The topological polar surface area (TPSA) is 95.5 Å². The molecule has 0 radical (unpaired) electrons. The van der Waals surface area contributed by atoms with Gasteiger partial charge in [-0.2, -0.15) is 0 Å². The average molecular weight is 290 g/mol. The molecule has 1 aromatic rings. The molecule has 112 valence electrons. The summed E-state index contributed by atoms with van der Waals surface area (Å²) in [5.74, 6) is -1.45. The van der Waals surface area contributed by atoms with Crippen LogP contribution in [-0.2, 0) is 9.59 Å². The summed E-state index contributed by atoms with van der Waals surface area (Å²) in [6.45, 7) is 1.39. The first-order valence-electron chi connectivity index (χ1n) is 6.82. The molecule has 0 aliphatic heterocycles. The number of benzene rings is 1. The van der Waals surface area contributed by atoms with Crippen LogP contribution in [0.15, 0.2) is 24.3 Å². The molecule has 6 nitrogen and oxygen atoms in total. The number of hydrogen-bond donors (Lipinski definition) is 3. The molecule has 1 aromatic carbocycles. The van der Waals surface area contributed by atoms with Gasteiger partial charge in [-0.3, -0.25) is 14.4 Å². The number of carbonyl (C=O) groups excluding carboxylic acids is 2. The van der Waals surface area contributed by atoms with Crippen LogP contribution in [0.3, 0.4) is 0 Å². The lowest BCUT2D eigenvalue weighted by atomic mass is 9.74. The molecule has 0 bridgehead atoms. The van der Waals surface area contributed by atoms with E-state index in [1.165, 1.54) is 6.92 Å². The zero-order chi connectivity index (χ0) is 15.5. The summed E-state index contributed by atoms with van der Waals surface area (Å²) in [6.07, 6.45) is 2.20. The van der Waals surface area contributed by atoms with Crippen molar-refractivity contribution < 1.29 is 19.5 Å². The van der Waals surface area contributed by atoms with Crippen molar-refractivity contribution in [1.29, 1.82) is 0 Å². The summed E-state index contributed by atoms with van der Waals surface area (Å²) in [6, 6.07) is 6.57. The molecule has 6 heteroatoms. The van der Waals surface area contributed by atoms with E-state index in [1.807, 2.05) is 0 Å². The minimum absolute atomic E-state index is 0.0654. The fourth-order valence-electron chi connectivity index (χ4n) is 2.49. The molecule has 3 N–H and O–H groups in total. The summed E-state index contributed by atoms with van der Waals surface area (Å²) in [5, 5.41) is 14.4. The standard InChI is InChI=1S/C15H18N2O4/c1-10(18)16-12-5-2-4-11(8-12)14(21)17-15(6-3-7-15)9-13(19)20/h2,4-5,8H,3,6-7,9H2,1H3,(H,16,18)(H,17,21)(H,19,20). The van der Waals surface area contributed by atoms with Gasteiger partial charge in [0.2, 0.25) is 5.91 Å². The monoisotopic (exact) mass is 290 g/mol. The second-order valence-corrected chi connectivity index (χ2v) is 5.42. The number of carbonyl (C=O) groups is 3. The molecule has 0 unspecified atom stereocenters. The van der Waals surface area contributed by atoms with Crippen molar-refractivity contribution in [2.45, 2.75) is 38.1 Å². The summed E-state index contributed by atoms with van der Waals surface area (Å²) in [5.41, 5.74) is 0.307. The summed E-state index contributed by atoms with van der Waals surface area (Å²) in [7, 11) is 0. The number of rotatable bonds is 5. The molecule has 1 saturated carbocycles. The first kappa shape index (κ1) is 15.0. The molecule has 2 rings (SSSR count). The Labute approximate surface area is 122 Å². The van der Waals surface area contributed by atoms with Gasteiger partial charge < -0.3 is 15.7 Å². The number of hydrogen-bond acceptors (Lipinski definition) is 3. The molecule has 2 amide bonds. The van der Waals surface area contributed by atoms with Crippen molar-refractivity contribution in [3.63, 3.8) is 0 Å². The fraction of sp³-hybridized carbons (Fsp3) is 0.400. The third-order valence-corrected chi connectivity index (χ3v) is 3.62. The van der Waals surface area contributed by atoms with Crippen molar-refractivity contribution in [1.82, 2.24) is 5.32 Å². The van der Waals surface area contributed by atoms with Crippen LogP contribution in [-0.4, -0.2) is 28.4 Å². The highest BCUT2D eigenvalue weighted by atomic mass is 16.4. The Morgan fingerprint density at radius 3 is 2.52 bits per heavy atom. The van der Waals surface area contributed by atoms with Gasteiger partial charge in [-0.1, -0.05) is 6.07 Å². The Balaban J connectivity index is 2.09. The maximum atomic E-state index is 12.3. The largest absolute Gasteiger partial charge is 0.481 e. The van der Waals surface area contributed by atoms with Gasteiger partial charge in [-0.25, -0.2) is 0 Å². The van der Waals surface area contributed by atoms with E-state index < -0.39 is 11.5 Å². The van der Waals surface area contributed by atoms with Crippen LogP contribution in [0.4, 0.5) is 5.69 Å². The summed E-state index contributed by atoms with van der Waals surface area (Å²) in [4.78, 5) is 34.2. The molecule has 0 atom stereocenters. The molecular weight excluding hydrogens is 272 g/mol. The van der Waals surface area contributed by atoms with E-state index in [9.17, 15) is 14.4 Å². The van der Waals surface area contributed by atoms with Gasteiger partial charge >= 0.3 is 5.97 Å². The van der Waals surface area contributed by atoms with E-state index in [0.717, 1.165) is 6.42 Å². The Bertz CT molecular complexity index is 579. The number of anilines is 1. The smallest absolute Gasteiger partial charge is 0.305 e. The zero-order valence-corrected chi connectivity index (χ0v) is 11.8. The average Bonchev–Trinajstić information content (AvgIpc) is 2.35. The van der Waals surface area contributed by atoms with Gasteiger partial charge in [0.15, 0.2) is 0 Å². The molecule has 0 saturated heterocycles. The zero-order valence-electron chi connectivity index (χ0n) is 11.8. The van der Waals surface area contributed by atoms with Crippen LogP contribution >= 0.6 is 0 Å². The van der Waals surface area contributed by atoms with Crippen molar-refractivity contribution >= 4 is 23.5 Å². The quantitative estimate of drug-likeness (QED) is 0.770. The number of nitrogens with one attached hydrogen (secondary N) is 2. The lowest BCUT2D eigenvalue weighted by Crippen LogP contribution is -2.54. The first-order valence-corrected chi connectivity index (χ1v) is 6.82. The van der Waals surface area contributed by atoms with Gasteiger partial charge in [0.05, 0.1) is 12.0 Å². The third kappa shape index (κ3) is 3.81. The minimum Gasteiger partial charge on any atom is -0.481 e. The van der Waals surface area contributed by atoms with Gasteiger partial charge in [0, 0.05) is 18.2 Å². The highest BCUT2D eigenvalue weighted by Crippen LogP contribution is 2.35. The van der Waals surface area contributed by atoms with Crippen LogP contribution < -0.4 is 10.6 Å². The number of carboxylic acids is 1. The molecule has 1 aliphatic rings. The highest BCUT2D eigenvalue weighted by molar-refractivity contribution is 5.97. The van der Waals surface area contributed by atoms with Gasteiger partial charge in [-0.15, -0.1) is 0 Å². The van der Waals surface area contributed by atoms with Crippen molar-refractivity contribution in [2.24, 2.45) is 0 Å². The van der Waals surface area contributed by atoms with E-state index in [2.05, 4.69) is 10.6 Å². The Morgan fingerprint density at radius 2 is 2.00 bits per heavy atom. The van der Waals surface area contributed by atoms with Crippen LogP contribution in [0.25, 0.3) is 0 Å². The lowest BCUT2D eigenvalue weighted by Gasteiger charge is -2.41. The van der Waals surface area contributed by atoms with Crippen molar-refractivity contribution in [3.8, 4) is 0 Å². The van der Waals surface area contributed by atoms with E-state index >= 15 is 0 Å². The third-order valence-electron chi connectivity index (χ3n) is 3.62. The molecule has 0 aromatic heterocycles. The number of amides is 2. The lowest BCUT2D eigenvalue weighted by molar-refractivity contribution is -0.139. The second kappa shape index (κ2) is 5.95. The maximum Gasteiger partial charge on any atom is 0.305 e. The van der Waals surface area contributed by atoms with Crippen LogP contribution in [0, 0.1) is 0 Å². The molecule has 0 heterocycles. The number of carboxylic acid groups (broad SMARTS) is 1. The van der Waals surface area contributed by atoms with E-state index in [1.54, 1.807) is 24.3 Å². The Hall–Kier alpha value is -2.37. The summed E-state index contributed by atoms with van der Waals surface area (Å²) >= 11 is 0. The molecule has 21 heavy (non-hydrogen) atoms. The van der Waals surface area contributed by atoms with Gasteiger partial charge in [0.1, 0.15) is 0 Å². The van der Waals surface area contributed by atoms with Crippen molar-refractivity contribution in [3.05, 3.63) is 29.8 Å². The Kier molecular flexibility index (Phi) is 4.26. The maximum absolute atomic E-state index is 12.3. The normalized spacial score (nSPS) is 15.7. The molecule has 0 spiro atoms. The van der Waals surface area contributed by atoms with E-state index in [0.29, 0.717) is 24.1 Å². The minimum atomic E-state index is -0.915. The fourth-order valence-corrected chi connectivity index (χ4v) is 2.49. The van der Waals surface area contributed by atoms with E-state index in [-0.39, 0.29) is 18.2 Å². The molecule has 1 aliphatic carbocycles. The van der Waals surface area contributed by atoms with Crippen LogP contribution in [0.2, 0.25) is 0 Å². The first-order chi connectivity index (χ1) is 9.90. The summed E-state index contributed by atoms with van der Waals surface area (Å²) < 4.78 is 0. The SMILES string of the molecule is CC(=O)Nc1cccc(C(=O)NC2(CC(=O)O)CCC2)c1. The van der Waals surface area contributed by atoms with Crippen LogP contribution in [0.5, 0.6) is 0 Å². The van der Waals surface area contributed by atoms with Gasteiger partial charge in [0.25, 0.3) is 5.91 Å². The second-order valence-electron chi connectivity index (χ2n) is 5.42. The predicted octanol–water partition coefficient (Wildman–Crippen LogP) is 1.77.